The first-order chi connectivity index (χ1) is 3.83. The van der Waals surface area contributed by atoms with E-state index in [1.54, 1.807) is 0 Å². The summed E-state index contributed by atoms with van der Waals surface area (Å²) in [5.41, 5.74) is 0. The van der Waals surface area contributed by atoms with E-state index in [0.29, 0.717) is 0 Å². The Hall–Kier alpha value is -0.680. The van der Waals surface area contributed by atoms with Crippen LogP contribution in [-0.4, -0.2) is 30.5 Å². The second-order valence-corrected chi connectivity index (χ2v) is 0.704. The van der Waals surface area contributed by atoms with Crippen LogP contribution >= 0.6 is 0 Å². The van der Waals surface area contributed by atoms with Gasteiger partial charge in [-0.05, 0) is 0 Å². The highest BCUT2D eigenvalue weighted by Gasteiger charge is 1.58. The second-order valence-electron chi connectivity index (χ2n) is 0.704. The maximum atomic E-state index is 8.70. The van der Waals surface area contributed by atoms with Crippen LogP contribution in [0.15, 0.2) is 5.34 Å². The van der Waals surface area contributed by atoms with Crippen LogP contribution in [0.4, 0.5) is 0 Å². The summed E-state index contributed by atoms with van der Waals surface area (Å²) in [6.45, 7) is -0.250. The summed E-state index contributed by atoms with van der Waals surface area (Å²) in [6, 6.07) is 0. The van der Waals surface area contributed by atoms with Crippen LogP contribution in [0, 0.1) is 4.91 Å². The van der Waals surface area contributed by atoms with Gasteiger partial charge in [0.1, 0.15) is 7.11 Å². The Morgan fingerprint density at radius 1 is 1.50 bits per heavy atom. The van der Waals surface area contributed by atoms with Gasteiger partial charge in [-0.2, -0.15) is 0 Å². The lowest BCUT2D eigenvalue weighted by Gasteiger charge is -1.70. The van der Waals surface area contributed by atoms with Crippen molar-refractivity contribution in [3.63, 3.8) is 0 Å². The molecule has 8 heavy (non-hydrogen) atoms. The zero-order chi connectivity index (χ0) is 6.83. The summed E-state index contributed by atoms with van der Waals surface area (Å²) < 4.78 is 0. The van der Waals surface area contributed by atoms with E-state index in [2.05, 4.69) is 4.84 Å². The van der Waals surface area contributed by atoms with E-state index in [4.69, 9.17) is 15.1 Å². The topological polar surface area (TPSA) is 79.1 Å². The van der Waals surface area contributed by atoms with Crippen molar-refractivity contribution in [2.75, 3.05) is 20.3 Å². The molecule has 0 aromatic carbocycles. The Morgan fingerprint density at radius 3 is 1.75 bits per heavy atom. The fourth-order valence-corrected chi connectivity index (χ4v) is 0. The maximum Gasteiger partial charge on any atom is 0.154 e. The average Bonchev–Trinajstić information content (AvgIpc) is 1.88. The summed E-state index contributed by atoms with van der Waals surface area (Å²) in [7, 11) is 1.20. The van der Waals surface area contributed by atoms with Crippen molar-refractivity contribution in [2.24, 2.45) is 5.34 Å². The van der Waals surface area contributed by atoms with Gasteiger partial charge in [0, 0.05) is 0 Å². The first kappa shape index (κ1) is 10.3. The minimum atomic E-state index is -0.125. The second kappa shape index (κ2) is 16.2. The SMILES string of the molecule is CON=O.OCCO. The third-order valence-electron chi connectivity index (χ3n) is 0.175. The van der Waals surface area contributed by atoms with Gasteiger partial charge in [-0.15, -0.1) is 4.91 Å². The Kier molecular flexibility index (Phi) is 21.0. The molecule has 0 spiro atoms. The molecule has 0 aliphatic carbocycles. The molecular formula is C3H9NO4. The van der Waals surface area contributed by atoms with E-state index in [9.17, 15) is 0 Å². The van der Waals surface area contributed by atoms with Gasteiger partial charge in [-0.3, -0.25) is 0 Å². The Morgan fingerprint density at radius 2 is 1.75 bits per heavy atom. The normalized spacial score (nSPS) is 6.38. The summed E-state index contributed by atoms with van der Waals surface area (Å²) in [4.78, 5) is 12.3. The van der Waals surface area contributed by atoms with Crippen molar-refractivity contribution in [1.29, 1.82) is 0 Å². The van der Waals surface area contributed by atoms with Crippen molar-refractivity contribution in [1.82, 2.24) is 0 Å². The average molecular weight is 123 g/mol. The molecular weight excluding hydrogens is 114 g/mol. The number of nitrogens with zero attached hydrogens (tertiary/aromatic N) is 1. The molecule has 2 N–H and O–H groups in total. The van der Waals surface area contributed by atoms with E-state index >= 15 is 0 Å². The van der Waals surface area contributed by atoms with Crippen molar-refractivity contribution >= 4 is 0 Å². The Bertz CT molecular complexity index is 38.3. The molecule has 0 aromatic heterocycles. The van der Waals surface area contributed by atoms with Gasteiger partial charge < -0.3 is 15.1 Å². The van der Waals surface area contributed by atoms with Crippen molar-refractivity contribution in [3.8, 4) is 0 Å². The van der Waals surface area contributed by atoms with Crippen LogP contribution in [0.5, 0.6) is 0 Å². The highest BCUT2D eigenvalue weighted by atomic mass is 16.7. The van der Waals surface area contributed by atoms with E-state index in [-0.39, 0.29) is 13.2 Å². The molecule has 0 fully saturated rings. The van der Waals surface area contributed by atoms with E-state index < -0.39 is 0 Å². The minimum Gasteiger partial charge on any atom is -0.394 e. The molecule has 0 heterocycles. The van der Waals surface area contributed by atoms with Crippen LogP contribution in [-0.2, 0) is 4.84 Å². The van der Waals surface area contributed by atoms with Gasteiger partial charge in [0.2, 0.25) is 0 Å². The van der Waals surface area contributed by atoms with Gasteiger partial charge in [-0.25, -0.2) is 0 Å². The molecule has 0 rings (SSSR count). The molecule has 0 aliphatic heterocycles. The largest absolute Gasteiger partial charge is 0.394 e. The quantitative estimate of drug-likeness (QED) is 0.375. The summed E-state index contributed by atoms with van der Waals surface area (Å²) in [6.07, 6.45) is 0. The predicted octanol–water partition coefficient (Wildman–Crippen LogP) is -0.715. The van der Waals surface area contributed by atoms with Gasteiger partial charge in [0.05, 0.1) is 13.2 Å². The van der Waals surface area contributed by atoms with Gasteiger partial charge in [0.15, 0.2) is 5.34 Å². The van der Waals surface area contributed by atoms with Crippen molar-refractivity contribution in [3.05, 3.63) is 4.91 Å². The molecule has 0 saturated carbocycles. The molecule has 5 heteroatoms. The van der Waals surface area contributed by atoms with Crippen LogP contribution in [0.3, 0.4) is 0 Å². The fourth-order valence-electron chi connectivity index (χ4n) is 0. The molecule has 0 aromatic rings. The number of rotatable bonds is 2. The standard InChI is InChI=1S/C2H6O2.CH3NO2/c3-1-2-4;1-4-2-3/h3-4H,1-2H2;1H3. The van der Waals surface area contributed by atoms with Gasteiger partial charge in [-0.1, -0.05) is 0 Å². The minimum absolute atomic E-state index is 0.125. The van der Waals surface area contributed by atoms with Crippen molar-refractivity contribution < 1.29 is 15.1 Å². The molecule has 5 nitrogen and oxygen atoms in total. The Balaban J connectivity index is 0. The number of hydrogen-bond acceptors (Lipinski definition) is 5. The molecule has 0 amide bonds. The number of aliphatic hydroxyl groups is 2. The first-order valence-electron chi connectivity index (χ1n) is 1.91. The molecule has 0 bridgehead atoms. The third kappa shape index (κ3) is 57.0. The van der Waals surface area contributed by atoms with Crippen molar-refractivity contribution in [2.45, 2.75) is 0 Å². The lowest BCUT2D eigenvalue weighted by Crippen LogP contribution is -1.85. The van der Waals surface area contributed by atoms with E-state index in [1.807, 2.05) is 5.34 Å². The predicted molar refractivity (Wildman–Crippen MR) is 27.0 cm³/mol. The van der Waals surface area contributed by atoms with E-state index in [1.165, 1.54) is 7.11 Å². The van der Waals surface area contributed by atoms with Crippen LogP contribution in [0.1, 0.15) is 0 Å². The van der Waals surface area contributed by atoms with Crippen LogP contribution < -0.4 is 0 Å². The monoisotopic (exact) mass is 123 g/mol. The summed E-state index contributed by atoms with van der Waals surface area (Å²) in [5, 5.41) is 17.2. The zero-order valence-corrected chi connectivity index (χ0v) is 4.57. The molecule has 0 radical (unpaired) electrons. The molecule has 50 valence electrons. The summed E-state index contributed by atoms with van der Waals surface area (Å²) >= 11 is 0. The number of aliphatic hydroxyl groups excluding tert-OH is 2. The van der Waals surface area contributed by atoms with Gasteiger partial charge >= 0.3 is 0 Å². The van der Waals surface area contributed by atoms with Gasteiger partial charge in [0.25, 0.3) is 0 Å². The molecule has 0 unspecified atom stereocenters. The Labute approximate surface area is 46.8 Å². The van der Waals surface area contributed by atoms with E-state index in [0.717, 1.165) is 0 Å². The van der Waals surface area contributed by atoms with Crippen LogP contribution in [0.25, 0.3) is 0 Å². The molecule has 0 aliphatic rings. The highest BCUT2D eigenvalue weighted by molar-refractivity contribution is 4.06. The zero-order valence-electron chi connectivity index (χ0n) is 4.57. The fraction of sp³-hybridized carbons (Fsp3) is 1.00. The first-order valence-corrected chi connectivity index (χ1v) is 1.91. The highest BCUT2D eigenvalue weighted by Crippen LogP contribution is 1.52. The molecule has 0 saturated heterocycles. The smallest absolute Gasteiger partial charge is 0.154 e. The lowest BCUT2D eigenvalue weighted by molar-refractivity contribution is 0.186. The van der Waals surface area contributed by atoms with Crippen LogP contribution in [0.2, 0.25) is 0 Å². The summed E-state index contributed by atoms with van der Waals surface area (Å²) in [5.74, 6) is 0. The maximum absolute atomic E-state index is 8.70. The third-order valence-corrected chi connectivity index (χ3v) is 0.175. The molecule has 0 atom stereocenters. The lowest BCUT2D eigenvalue weighted by atomic mass is 10.8. The number of hydrogen-bond donors (Lipinski definition) is 2.